The van der Waals surface area contributed by atoms with Gasteiger partial charge in [-0.25, -0.2) is 4.98 Å². The number of carbonyl (C=O) groups is 1. The molecule has 112 valence electrons. The summed E-state index contributed by atoms with van der Waals surface area (Å²) in [6.45, 7) is 4.45. The fraction of sp³-hybridized carbons (Fsp3) is 0.714. The minimum absolute atomic E-state index is 0.0818. The summed E-state index contributed by atoms with van der Waals surface area (Å²) in [5, 5.41) is 3.90. The van der Waals surface area contributed by atoms with Gasteiger partial charge in [-0.1, -0.05) is 31.6 Å². The van der Waals surface area contributed by atoms with Gasteiger partial charge >= 0.3 is 0 Å². The van der Waals surface area contributed by atoms with Crippen LogP contribution in [0.5, 0.6) is 0 Å². The molecule has 1 fully saturated rings. The van der Waals surface area contributed by atoms with E-state index in [0.717, 1.165) is 17.5 Å². The van der Waals surface area contributed by atoms with Crippen molar-refractivity contribution in [3.05, 3.63) is 4.88 Å². The zero-order valence-electron chi connectivity index (χ0n) is 12.6. The van der Waals surface area contributed by atoms with Gasteiger partial charge in [-0.3, -0.25) is 4.79 Å². The van der Waals surface area contributed by atoms with E-state index in [0.29, 0.717) is 16.6 Å². The molecule has 3 atom stereocenters. The molecule has 1 aliphatic rings. The maximum absolute atomic E-state index is 12.4. The molecule has 3 unspecified atom stereocenters. The fourth-order valence-electron chi connectivity index (χ4n) is 2.94. The summed E-state index contributed by atoms with van der Waals surface area (Å²) >= 11 is 1.34. The average molecular weight is 296 g/mol. The Bertz CT molecular complexity index is 486. The Balaban J connectivity index is 2.05. The number of nitrogens with two attached hydrogens (primary N) is 1. The average Bonchev–Trinajstić information content (AvgIpc) is 2.94. The molecule has 0 spiro atoms. The molecule has 5 nitrogen and oxygen atoms in total. The molecule has 0 saturated heterocycles. The first kappa shape index (κ1) is 15.1. The van der Waals surface area contributed by atoms with Crippen LogP contribution in [0.2, 0.25) is 0 Å². The summed E-state index contributed by atoms with van der Waals surface area (Å²) in [5.74, 6) is 1.50. The number of hydrogen-bond donors (Lipinski definition) is 2. The minimum atomic E-state index is -0.0818. The predicted octanol–water partition coefficient (Wildman–Crippen LogP) is 2.35. The standard InChI is InChI=1S/C14H24N4OS/c1-5-9-6-7-10(8(9)2)16-13(19)11-12(15)17-14(20-11)18(3)4/h8-10H,5-7,15H2,1-4H3,(H,16,19). The van der Waals surface area contributed by atoms with Crippen molar-refractivity contribution >= 4 is 28.2 Å². The third-order valence-electron chi connectivity index (χ3n) is 4.30. The number of anilines is 2. The van der Waals surface area contributed by atoms with Crippen LogP contribution in [0.1, 0.15) is 42.8 Å². The lowest BCUT2D eigenvalue weighted by atomic mass is 9.93. The number of nitrogen functional groups attached to an aromatic ring is 1. The normalized spacial score (nSPS) is 25.7. The van der Waals surface area contributed by atoms with Crippen molar-refractivity contribution in [1.82, 2.24) is 10.3 Å². The van der Waals surface area contributed by atoms with Crippen LogP contribution in [0.25, 0.3) is 0 Å². The first-order chi connectivity index (χ1) is 9.43. The number of amides is 1. The van der Waals surface area contributed by atoms with Crippen molar-refractivity contribution in [2.75, 3.05) is 24.7 Å². The summed E-state index contributed by atoms with van der Waals surface area (Å²) < 4.78 is 0. The topological polar surface area (TPSA) is 71.2 Å². The Labute approximate surface area is 124 Å². The number of aromatic nitrogens is 1. The highest BCUT2D eigenvalue weighted by atomic mass is 32.1. The van der Waals surface area contributed by atoms with Crippen LogP contribution in [-0.4, -0.2) is 31.0 Å². The van der Waals surface area contributed by atoms with Gasteiger partial charge in [0.1, 0.15) is 10.7 Å². The second-order valence-electron chi connectivity index (χ2n) is 5.79. The molecule has 0 aromatic carbocycles. The van der Waals surface area contributed by atoms with E-state index in [4.69, 9.17) is 5.73 Å². The molecule has 1 aliphatic carbocycles. The Hall–Kier alpha value is -1.30. The lowest BCUT2D eigenvalue weighted by molar-refractivity contribution is 0.0931. The molecule has 0 aliphatic heterocycles. The van der Waals surface area contributed by atoms with Gasteiger partial charge in [0.05, 0.1) is 0 Å². The molecule has 1 aromatic rings. The van der Waals surface area contributed by atoms with Gasteiger partial charge in [-0.05, 0) is 24.7 Å². The van der Waals surface area contributed by atoms with E-state index in [1.54, 1.807) is 0 Å². The predicted molar refractivity (Wildman–Crippen MR) is 84.3 cm³/mol. The molecule has 20 heavy (non-hydrogen) atoms. The molecular formula is C14H24N4OS. The van der Waals surface area contributed by atoms with Crippen LogP contribution in [0.4, 0.5) is 10.9 Å². The summed E-state index contributed by atoms with van der Waals surface area (Å²) in [6.07, 6.45) is 3.44. The van der Waals surface area contributed by atoms with E-state index in [-0.39, 0.29) is 11.9 Å². The molecular weight excluding hydrogens is 272 g/mol. The van der Waals surface area contributed by atoms with E-state index in [1.165, 1.54) is 24.2 Å². The molecule has 1 heterocycles. The van der Waals surface area contributed by atoms with Crippen LogP contribution < -0.4 is 16.0 Å². The lowest BCUT2D eigenvalue weighted by Crippen LogP contribution is -2.37. The van der Waals surface area contributed by atoms with E-state index in [9.17, 15) is 4.79 Å². The van der Waals surface area contributed by atoms with Gasteiger partial charge in [0.2, 0.25) is 0 Å². The smallest absolute Gasteiger partial charge is 0.265 e. The van der Waals surface area contributed by atoms with Gasteiger partial charge in [-0.15, -0.1) is 0 Å². The molecule has 0 bridgehead atoms. The van der Waals surface area contributed by atoms with Crippen LogP contribution in [0.15, 0.2) is 0 Å². The van der Waals surface area contributed by atoms with Crippen molar-refractivity contribution in [1.29, 1.82) is 0 Å². The summed E-state index contributed by atoms with van der Waals surface area (Å²) in [4.78, 5) is 19.0. The van der Waals surface area contributed by atoms with Gasteiger partial charge in [0.15, 0.2) is 5.13 Å². The Morgan fingerprint density at radius 2 is 2.20 bits per heavy atom. The molecule has 1 amide bonds. The number of carbonyl (C=O) groups excluding carboxylic acids is 1. The van der Waals surface area contributed by atoms with Crippen LogP contribution in [-0.2, 0) is 0 Å². The Morgan fingerprint density at radius 1 is 1.50 bits per heavy atom. The number of hydrogen-bond acceptors (Lipinski definition) is 5. The lowest BCUT2D eigenvalue weighted by Gasteiger charge is -2.20. The van der Waals surface area contributed by atoms with E-state index in [2.05, 4.69) is 24.1 Å². The van der Waals surface area contributed by atoms with Crippen LogP contribution in [0.3, 0.4) is 0 Å². The highest BCUT2D eigenvalue weighted by Gasteiger charge is 2.33. The first-order valence-electron chi connectivity index (χ1n) is 7.18. The van der Waals surface area contributed by atoms with Gasteiger partial charge in [-0.2, -0.15) is 0 Å². The number of rotatable bonds is 4. The van der Waals surface area contributed by atoms with Crippen LogP contribution >= 0.6 is 11.3 Å². The maximum Gasteiger partial charge on any atom is 0.265 e. The number of nitrogens with one attached hydrogen (secondary N) is 1. The summed E-state index contributed by atoms with van der Waals surface area (Å²) in [7, 11) is 3.79. The van der Waals surface area contributed by atoms with E-state index in [1.807, 2.05) is 19.0 Å². The van der Waals surface area contributed by atoms with E-state index >= 15 is 0 Å². The van der Waals surface area contributed by atoms with Crippen molar-refractivity contribution in [2.24, 2.45) is 11.8 Å². The highest BCUT2D eigenvalue weighted by molar-refractivity contribution is 7.18. The van der Waals surface area contributed by atoms with Crippen molar-refractivity contribution in [3.8, 4) is 0 Å². The second-order valence-corrected chi connectivity index (χ2v) is 6.77. The maximum atomic E-state index is 12.4. The first-order valence-corrected chi connectivity index (χ1v) is 8.00. The van der Waals surface area contributed by atoms with Crippen LogP contribution in [0, 0.1) is 11.8 Å². The molecule has 0 radical (unpaired) electrons. The number of thiazole rings is 1. The number of nitrogens with zero attached hydrogens (tertiary/aromatic N) is 2. The minimum Gasteiger partial charge on any atom is -0.382 e. The largest absolute Gasteiger partial charge is 0.382 e. The zero-order valence-corrected chi connectivity index (χ0v) is 13.5. The fourth-order valence-corrected chi connectivity index (χ4v) is 3.75. The van der Waals surface area contributed by atoms with Crippen molar-refractivity contribution < 1.29 is 4.79 Å². The van der Waals surface area contributed by atoms with Crippen molar-refractivity contribution in [2.45, 2.75) is 39.2 Å². The third-order valence-corrected chi connectivity index (χ3v) is 5.54. The Kier molecular flexibility index (Phi) is 4.52. The highest BCUT2D eigenvalue weighted by Crippen LogP contribution is 2.34. The second kappa shape index (κ2) is 5.99. The van der Waals surface area contributed by atoms with Gasteiger partial charge < -0.3 is 16.0 Å². The monoisotopic (exact) mass is 296 g/mol. The summed E-state index contributed by atoms with van der Waals surface area (Å²) in [6, 6.07) is 0.261. The van der Waals surface area contributed by atoms with Crippen molar-refractivity contribution in [3.63, 3.8) is 0 Å². The zero-order chi connectivity index (χ0) is 14.9. The molecule has 1 saturated carbocycles. The SMILES string of the molecule is CCC1CCC(NC(=O)c2sc(N(C)C)nc2N)C1C. The molecule has 6 heteroatoms. The molecule has 1 aromatic heterocycles. The quantitative estimate of drug-likeness (QED) is 0.894. The van der Waals surface area contributed by atoms with Gasteiger partial charge in [0, 0.05) is 20.1 Å². The third kappa shape index (κ3) is 2.90. The van der Waals surface area contributed by atoms with E-state index < -0.39 is 0 Å². The molecule has 3 N–H and O–H groups in total. The van der Waals surface area contributed by atoms with Gasteiger partial charge in [0.25, 0.3) is 5.91 Å². The summed E-state index contributed by atoms with van der Waals surface area (Å²) in [5.41, 5.74) is 5.85. The Morgan fingerprint density at radius 3 is 2.70 bits per heavy atom. The molecule has 2 rings (SSSR count).